The average Bonchev–Trinajstić information content (AvgIpc) is 2.91. The summed E-state index contributed by atoms with van der Waals surface area (Å²) in [7, 11) is 0. The molecule has 0 aliphatic heterocycles. The third-order valence-corrected chi connectivity index (χ3v) is 3.60. The van der Waals surface area contributed by atoms with Crippen LogP contribution in [0.1, 0.15) is 11.3 Å². The predicted molar refractivity (Wildman–Crippen MR) is 95.4 cm³/mol. The minimum absolute atomic E-state index is 0.00163. The molecule has 0 unspecified atom stereocenters. The van der Waals surface area contributed by atoms with E-state index in [-0.39, 0.29) is 11.2 Å². The molecule has 3 rings (SSSR count). The third-order valence-electron chi connectivity index (χ3n) is 3.60. The highest BCUT2D eigenvalue weighted by atomic mass is 16.6. The number of nitro groups is 1. The monoisotopic (exact) mass is 337 g/mol. The van der Waals surface area contributed by atoms with Gasteiger partial charge in [-0.2, -0.15) is 5.10 Å². The van der Waals surface area contributed by atoms with Gasteiger partial charge in [0.1, 0.15) is 0 Å². The molecule has 0 saturated carbocycles. The Bertz CT molecular complexity index is 972. The molecule has 0 aliphatic carbocycles. The van der Waals surface area contributed by atoms with Crippen molar-refractivity contribution in [1.82, 2.24) is 9.78 Å². The van der Waals surface area contributed by atoms with Crippen molar-refractivity contribution in [2.24, 2.45) is 5.10 Å². The molecule has 8 nitrogen and oxygen atoms in total. The number of rotatable bonds is 5. The van der Waals surface area contributed by atoms with Gasteiger partial charge in [-0.25, -0.2) is 4.68 Å². The molecule has 0 fully saturated rings. The van der Waals surface area contributed by atoms with Gasteiger partial charge in [0.15, 0.2) is 0 Å². The summed E-state index contributed by atoms with van der Waals surface area (Å²) < 4.78 is 1.45. The standard InChI is InChI=1S/C17H15N5O3/c1-12-16(17(23)21(20-12)14-5-3-2-4-6-14)11-18-19-13-7-9-15(10-8-13)22(24)25/h2-11,19-20H,1H3/b18-11-. The van der Waals surface area contributed by atoms with Crippen LogP contribution in [0.2, 0.25) is 0 Å². The molecule has 8 heteroatoms. The van der Waals surface area contributed by atoms with Crippen LogP contribution < -0.4 is 11.0 Å². The van der Waals surface area contributed by atoms with Gasteiger partial charge in [0, 0.05) is 17.8 Å². The zero-order chi connectivity index (χ0) is 17.8. The molecule has 0 radical (unpaired) electrons. The highest BCUT2D eigenvalue weighted by Gasteiger charge is 2.10. The zero-order valence-corrected chi connectivity index (χ0v) is 13.3. The number of benzene rings is 2. The number of H-pyrrole nitrogens is 1. The first-order valence-corrected chi connectivity index (χ1v) is 7.47. The molecule has 1 aromatic heterocycles. The Morgan fingerprint density at radius 1 is 1.16 bits per heavy atom. The van der Waals surface area contributed by atoms with Crippen LogP contribution in [0.25, 0.3) is 5.69 Å². The summed E-state index contributed by atoms with van der Waals surface area (Å²) in [5, 5.41) is 17.7. The second-order valence-electron chi connectivity index (χ2n) is 5.30. The normalized spacial score (nSPS) is 10.9. The lowest BCUT2D eigenvalue weighted by molar-refractivity contribution is -0.384. The van der Waals surface area contributed by atoms with Crippen molar-refractivity contribution < 1.29 is 4.92 Å². The number of nitrogens with one attached hydrogen (secondary N) is 2. The van der Waals surface area contributed by atoms with E-state index in [4.69, 9.17) is 0 Å². The maximum atomic E-state index is 12.5. The molecule has 1 heterocycles. The van der Waals surface area contributed by atoms with Gasteiger partial charge < -0.3 is 0 Å². The van der Waals surface area contributed by atoms with Crippen LogP contribution in [-0.2, 0) is 0 Å². The van der Waals surface area contributed by atoms with Crippen molar-refractivity contribution >= 4 is 17.6 Å². The summed E-state index contributed by atoms with van der Waals surface area (Å²) in [6.07, 6.45) is 1.43. The molecule has 0 atom stereocenters. The van der Waals surface area contributed by atoms with Gasteiger partial charge in [0.25, 0.3) is 11.2 Å². The van der Waals surface area contributed by atoms with Crippen molar-refractivity contribution in [2.45, 2.75) is 6.92 Å². The lowest BCUT2D eigenvalue weighted by Gasteiger charge is -1.99. The Labute approximate surface area is 142 Å². The summed E-state index contributed by atoms with van der Waals surface area (Å²) in [5.74, 6) is 0. The molecular weight excluding hydrogens is 322 g/mol. The van der Waals surface area contributed by atoms with Gasteiger partial charge in [0.2, 0.25) is 0 Å². The molecule has 0 bridgehead atoms. The molecule has 25 heavy (non-hydrogen) atoms. The first-order valence-electron chi connectivity index (χ1n) is 7.47. The quantitative estimate of drug-likeness (QED) is 0.424. The number of nitro benzene ring substituents is 1. The molecular formula is C17H15N5O3. The second-order valence-corrected chi connectivity index (χ2v) is 5.30. The molecule has 0 amide bonds. The smallest absolute Gasteiger partial charge is 0.280 e. The molecule has 3 aromatic rings. The van der Waals surface area contributed by atoms with Gasteiger partial charge in [-0.05, 0) is 31.2 Å². The number of hydrazone groups is 1. The van der Waals surface area contributed by atoms with E-state index >= 15 is 0 Å². The summed E-state index contributed by atoms with van der Waals surface area (Å²) in [6.45, 7) is 1.79. The van der Waals surface area contributed by atoms with Crippen LogP contribution in [-0.4, -0.2) is 20.9 Å². The maximum absolute atomic E-state index is 12.5. The Kier molecular flexibility index (Phi) is 4.42. The first-order chi connectivity index (χ1) is 12.1. The Balaban J connectivity index is 1.79. The minimum Gasteiger partial charge on any atom is -0.295 e. The topological polar surface area (TPSA) is 105 Å². The molecule has 2 aromatic carbocycles. The maximum Gasteiger partial charge on any atom is 0.280 e. The number of para-hydroxylation sites is 1. The van der Waals surface area contributed by atoms with Crippen molar-refractivity contribution in [1.29, 1.82) is 0 Å². The molecule has 0 saturated heterocycles. The lowest BCUT2D eigenvalue weighted by atomic mass is 10.3. The molecule has 0 aliphatic rings. The van der Waals surface area contributed by atoms with E-state index < -0.39 is 4.92 Å². The number of hydrogen-bond acceptors (Lipinski definition) is 5. The zero-order valence-electron chi connectivity index (χ0n) is 13.3. The summed E-state index contributed by atoms with van der Waals surface area (Å²) >= 11 is 0. The van der Waals surface area contributed by atoms with Crippen LogP contribution in [0.5, 0.6) is 0 Å². The highest BCUT2D eigenvalue weighted by Crippen LogP contribution is 2.15. The van der Waals surface area contributed by atoms with Crippen LogP contribution in [0.4, 0.5) is 11.4 Å². The van der Waals surface area contributed by atoms with Crippen molar-refractivity contribution in [2.75, 3.05) is 5.43 Å². The fraction of sp³-hybridized carbons (Fsp3) is 0.0588. The number of non-ortho nitro benzene ring substituents is 1. The second kappa shape index (κ2) is 6.83. The Morgan fingerprint density at radius 3 is 2.48 bits per heavy atom. The van der Waals surface area contributed by atoms with Crippen LogP contribution in [0, 0.1) is 17.0 Å². The number of aromatic amines is 1. The van der Waals surface area contributed by atoms with Gasteiger partial charge in [-0.3, -0.25) is 25.4 Å². The fourth-order valence-corrected chi connectivity index (χ4v) is 2.30. The van der Waals surface area contributed by atoms with E-state index in [1.54, 1.807) is 19.1 Å². The van der Waals surface area contributed by atoms with Gasteiger partial charge in [-0.15, -0.1) is 0 Å². The average molecular weight is 337 g/mol. The van der Waals surface area contributed by atoms with E-state index in [9.17, 15) is 14.9 Å². The van der Waals surface area contributed by atoms with E-state index in [1.165, 1.54) is 23.0 Å². The van der Waals surface area contributed by atoms with Crippen molar-refractivity contribution in [3.63, 3.8) is 0 Å². The van der Waals surface area contributed by atoms with E-state index in [1.807, 2.05) is 30.3 Å². The molecule has 126 valence electrons. The largest absolute Gasteiger partial charge is 0.295 e. The van der Waals surface area contributed by atoms with Crippen LogP contribution in [0.15, 0.2) is 64.5 Å². The number of aromatic nitrogens is 2. The summed E-state index contributed by atoms with van der Waals surface area (Å²) in [5.41, 5.74) is 4.97. The van der Waals surface area contributed by atoms with E-state index in [0.717, 1.165) is 5.69 Å². The first kappa shape index (κ1) is 16.2. The SMILES string of the molecule is Cc1[nH]n(-c2ccccc2)c(=O)c1/C=N\Nc1ccc([N+](=O)[O-])cc1. The minimum atomic E-state index is -0.470. The number of hydrogen-bond donors (Lipinski definition) is 2. The van der Waals surface area contributed by atoms with Gasteiger partial charge >= 0.3 is 0 Å². The van der Waals surface area contributed by atoms with Crippen LogP contribution >= 0.6 is 0 Å². The lowest BCUT2D eigenvalue weighted by Crippen LogP contribution is -2.17. The fourth-order valence-electron chi connectivity index (χ4n) is 2.30. The highest BCUT2D eigenvalue weighted by molar-refractivity contribution is 5.81. The van der Waals surface area contributed by atoms with Crippen molar-refractivity contribution in [3.8, 4) is 5.69 Å². The van der Waals surface area contributed by atoms with Crippen LogP contribution in [0.3, 0.4) is 0 Å². The molecule has 2 N–H and O–H groups in total. The van der Waals surface area contributed by atoms with Gasteiger partial charge in [0.05, 0.1) is 28.1 Å². The number of anilines is 1. The summed E-state index contributed by atoms with van der Waals surface area (Å²) in [6, 6.07) is 15.1. The summed E-state index contributed by atoms with van der Waals surface area (Å²) in [4.78, 5) is 22.6. The van der Waals surface area contributed by atoms with Gasteiger partial charge in [-0.1, -0.05) is 18.2 Å². The number of aryl methyl sites for hydroxylation is 1. The van der Waals surface area contributed by atoms with E-state index in [2.05, 4.69) is 15.6 Å². The predicted octanol–water partition coefficient (Wildman–Crippen LogP) is 2.83. The van der Waals surface area contributed by atoms with E-state index in [0.29, 0.717) is 16.9 Å². The Hall–Kier alpha value is -3.68. The van der Waals surface area contributed by atoms with Crippen molar-refractivity contribution in [3.05, 3.63) is 86.3 Å². The third kappa shape index (κ3) is 3.47. The Morgan fingerprint density at radius 2 is 1.84 bits per heavy atom. The number of nitrogens with zero attached hydrogens (tertiary/aromatic N) is 3. The molecule has 0 spiro atoms.